The zero-order chi connectivity index (χ0) is 16.8. The molecule has 1 saturated heterocycles. The maximum Gasteiger partial charge on any atom is 0.270 e. The molecule has 1 N–H and O–H groups in total. The maximum atomic E-state index is 12.4. The Kier molecular flexibility index (Phi) is 5.41. The Bertz CT molecular complexity index is 674. The lowest BCUT2D eigenvalue weighted by molar-refractivity contribution is 0.0946. The summed E-state index contributed by atoms with van der Waals surface area (Å²) in [6.45, 7) is 3.74. The maximum absolute atomic E-state index is 12.4. The second kappa shape index (κ2) is 7.90. The lowest BCUT2D eigenvalue weighted by Crippen LogP contribution is -2.39. The van der Waals surface area contributed by atoms with E-state index < -0.39 is 0 Å². The van der Waals surface area contributed by atoms with Gasteiger partial charge < -0.3 is 10.2 Å². The zero-order valence-corrected chi connectivity index (χ0v) is 14.1. The molecule has 0 saturated carbocycles. The summed E-state index contributed by atoms with van der Waals surface area (Å²) in [5, 5.41) is 2.91. The van der Waals surface area contributed by atoms with Crippen molar-refractivity contribution in [1.29, 1.82) is 0 Å². The number of hydrogen-bond acceptors (Lipinski definition) is 4. The van der Waals surface area contributed by atoms with Crippen molar-refractivity contribution in [1.82, 2.24) is 15.3 Å². The van der Waals surface area contributed by atoms with E-state index in [1.165, 1.54) is 19.3 Å². The molecule has 0 aliphatic carbocycles. The van der Waals surface area contributed by atoms with Crippen LogP contribution in [0.25, 0.3) is 0 Å². The van der Waals surface area contributed by atoms with Crippen molar-refractivity contribution in [3.05, 3.63) is 54.1 Å². The second-order valence-electron chi connectivity index (χ2n) is 6.19. The number of nitrogens with zero attached hydrogens (tertiary/aromatic N) is 3. The third-order valence-corrected chi connectivity index (χ3v) is 4.58. The quantitative estimate of drug-likeness (QED) is 0.918. The number of piperidine rings is 1. The van der Waals surface area contributed by atoms with Gasteiger partial charge in [-0.15, -0.1) is 0 Å². The highest BCUT2D eigenvalue weighted by Crippen LogP contribution is 2.26. The van der Waals surface area contributed by atoms with Gasteiger partial charge in [-0.25, -0.2) is 0 Å². The number of amides is 1. The number of nitrogens with one attached hydrogen (secondary N) is 1. The first kappa shape index (κ1) is 16.4. The first-order valence-corrected chi connectivity index (χ1v) is 8.67. The smallest absolute Gasteiger partial charge is 0.270 e. The normalized spacial score (nSPS) is 17.5. The number of hydrogen-bond donors (Lipinski definition) is 1. The van der Waals surface area contributed by atoms with Crippen molar-refractivity contribution < 1.29 is 4.79 Å². The fourth-order valence-corrected chi connectivity index (χ4v) is 3.26. The number of pyridine rings is 2. The minimum atomic E-state index is -0.147. The summed E-state index contributed by atoms with van der Waals surface area (Å²) < 4.78 is 0. The van der Waals surface area contributed by atoms with Crippen molar-refractivity contribution in [2.24, 2.45) is 0 Å². The van der Waals surface area contributed by atoms with E-state index in [4.69, 9.17) is 0 Å². The first-order valence-electron chi connectivity index (χ1n) is 8.67. The van der Waals surface area contributed by atoms with E-state index in [2.05, 4.69) is 27.1 Å². The summed E-state index contributed by atoms with van der Waals surface area (Å²) in [5.41, 5.74) is 2.55. The Morgan fingerprint density at radius 3 is 3.04 bits per heavy atom. The van der Waals surface area contributed by atoms with Crippen LogP contribution in [0, 0.1) is 0 Å². The Balaban J connectivity index is 1.69. The monoisotopic (exact) mass is 324 g/mol. The predicted molar refractivity (Wildman–Crippen MR) is 94.9 cm³/mol. The molecule has 5 nitrogen and oxygen atoms in total. The van der Waals surface area contributed by atoms with Gasteiger partial charge in [0.25, 0.3) is 5.91 Å². The molecular formula is C19H24N4O. The SMILES string of the molecule is CCC1CCCCN1c1ccnc(C(=O)NCc2cccnc2)c1. The first-order chi connectivity index (χ1) is 11.8. The van der Waals surface area contributed by atoms with Crippen LogP contribution >= 0.6 is 0 Å². The zero-order valence-electron chi connectivity index (χ0n) is 14.1. The molecule has 1 aliphatic rings. The average Bonchev–Trinajstić information content (AvgIpc) is 2.67. The van der Waals surface area contributed by atoms with Gasteiger partial charge in [0.05, 0.1) is 0 Å². The van der Waals surface area contributed by atoms with E-state index in [1.54, 1.807) is 18.6 Å². The molecular weight excluding hydrogens is 300 g/mol. The summed E-state index contributed by atoms with van der Waals surface area (Å²) >= 11 is 0. The third kappa shape index (κ3) is 3.91. The molecule has 1 amide bonds. The largest absolute Gasteiger partial charge is 0.368 e. The van der Waals surface area contributed by atoms with E-state index >= 15 is 0 Å². The molecule has 1 fully saturated rings. The Labute approximate surface area is 143 Å². The van der Waals surface area contributed by atoms with Crippen LogP contribution in [-0.4, -0.2) is 28.5 Å². The number of rotatable bonds is 5. The van der Waals surface area contributed by atoms with E-state index in [-0.39, 0.29) is 5.91 Å². The summed E-state index contributed by atoms with van der Waals surface area (Å²) in [6.07, 6.45) is 10.1. The topological polar surface area (TPSA) is 58.1 Å². The molecule has 2 aromatic rings. The predicted octanol–water partition coefficient (Wildman–Crippen LogP) is 3.18. The van der Waals surface area contributed by atoms with Gasteiger partial charge in [0, 0.05) is 43.4 Å². The number of carbonyl (C=O) groups excluding carboxylic acids is 1. The molecule has 1 unspecified atom stereocenters. The summed E-state index contributed by atoms with van der Waals surface area (Å²) in [6, 6.07) is 8.28. The molecule has 2 aromatic heterocycles. The van der Waals surface area contributed by atoms with Gasteiger partial charge in [0.1, 0.15) is 5.69 Å². The van der Waals surface area contributed by atoms with E-state index in [0.29, 0.717) is 18.3 Å². The van der Waals surface area contributed by atoms with Gasteiger partial charge in [-0.2, -0.15) is 0 Å². The van der Waals surface area contributed by atoms with Crippen molar-refractivity contribution in [3.8, 4) is 0 Å². The number of anilines is 1. The van der Waals surface area contributed by atoms with E-state index in [9.17, 15) is 4.79 Å². The van der Waals surface area contributed by atoms with Crippen LogP contribution in [0.3, 0.4) is 0 Å². The highest BCUT2D eigenvalue weighted by Gasteiger charge is 2.22. The van der Waals surface area contributed by atoms with Crippen LogP contribution in [-0.2, 0) is 6.54 Å². The van der Waals surface area contributed by atoms with E-state index in [0.717, 1.165) is 24.2 Å². The highest BCUT2D eigenvalue weighted by atomic mass is 16.1. The Morgan fingerprint density at radius 2 is 2.25 bits per heavy atom. The molecule has 0 aromatic carbocycles. The van der Waals surface area contributed by atoms with E-state index in [1.807, 2.05) is 24.3 Å². The van der Waals surface area contributed by atoms with Crippen LogP contribution in [0.15, 0.2) is 42.9 Å². The van der Waals surface area contributed by atoms with Gasteiger partial charge in [-0.3, -0.25) is 14.8 Å². The highest BCUT2D eigenvalue weighted by molar-refractivity contribution is 5.93. The molecule has 3 heterocycles. The van der Waals surface area contributed by atoms with Crippen molar-refractivity contribution in [2.45, 2.75) is 45.2 Å². The molecule has 0 spiro atoms. The molecule has 1 atom stereocenters. The van der Waals surface area contributed by atoms with Gasteiger partial charge in [0.2, 0.25) is 0 Å². The second-order valence-corrected chi connectivity index (χ2v) is 6.19. The molecule has 5 heteroatoms. The minimum absolute atomic E-state index is 0.147. The van der Waals surface area contributed by atoms with Gasteiger partial charge in [-0.1, -0.05) is 13.0 Å². The fourth-order valence-electron chi connectivity index (χ4n) is 3.26. The molecule has 0 radical (unpaired) electrons. The summed E-state index contributed by atoms with van der Waals surface area (Å²) in [4.78, 5) is 23.1. The summed E-state index contributed by atoms with van der Waals surface area (Å²) in [5.74, 6) is -0.147. The van der Waals surface area contributed by atoms with Crippen LogP contribution in [0.2, 0.25) is 0 Å². The van der Waals surface area contributed by atoms with Crippen LogP contribution in [0.5, 0.6) is 0 Å². The van der Waals surface area contributed by atoms with Crippen LogP contribution in [0.1, 0.15) is 48.7 Å². The third-order valence-electron chi connectivity index (χ3n) is 4.58. The molecule has 3 rings (SSSR count). The molecule has 126 valence electrons. The standard InChI is InChI=1S/C19H24N4O/c1-2-16-7-3-4-11-23(16)17-8-10-21-18(12-17)19(24)22-14-15-6-5-9-20-13-15/h5-6,8-10,12-13,16H,2-4,7,11,14H2,1H3,(H,22,24). The van der Waals surface area contributed by atoms with Crippen molar-refractivity contribution >= 4 is 11.6 Å². The van der Waals surface area contributed by atoms with Crippen molar-refractivity contribution in [3.63, 3.8) is 0 Å². The summed E-state index contributed by atoms with van der Waals surface area (Å²) in [7, 11) is 0. The van der Waals surface area contributed by atoms with Crippen LogP contribution < -0.4 is 10.2 Å². The van der Waals surface area contributed by atoms with Gasteiger partial charge >= 0.3 is 0 Å². The Morgan fingerprint density at radius 1 is 1.33 bits per heavy atom. The Hall–Kier alpha value is -2.43. The molecule has 24 heavy (non-hydrogen) atoms. The number of carbonyl (C=O) groups is 1. The lowest BCUT2D eigenvalue weighted by atomic mass is 9.99. The van der Waals surface area contributed by atoms with Gasteiger partial charge in [-0.05, 0) is 49.4 Å². The molecule has 1 aliphatic heterocycles. The van der Waals surface area contributed by atoms with Gasteiger partial charge in [0.15, 0.2) is 0 Å². The molecule has 0 bridgehead atoms. The fraction of sp³-hybridized carbons (Fsp3) is 0.421. The number of aromatic nitrogens is 2. The minimum Gasteiger partial charge on any atom is -0.368 e. The van der Waals surface area contributed by atoms with Crippen molar-refractivity contribution in [2.75, 3.05) is 11.4 Å². The van der Waals surface area contributed by atoms with Crippen LogP contribution in [0.4, 0.5) is 5.69 Å². The lowest BCUT2D eigenvalue weighted by Gasteiger charge is -2.37. The average molecular weight is 324 g/mol.